The average molecular weight is 280 g/mol. The third-order valence-electron chi connectivity index (χ3n) is 2.93. The van der Waals surface area contributed by atoms with Crippen LogP contribution in [0.25, 0.3) is 0 Å². The summed E-state index contributed by atoms with van der Waals surface area (Å²) in [5.41, 5.74) is 0.211. The van der Waals surface area contributed by atoms with Crippen LogP contribution in [0.5, 0.6) is 0 Å². The molecule has 0 saturated carbocycles. The minimum atomic E-state index is -1.59. The Hall–Kier alpha value is -2.40. The van der Waals surface area contributed by atoms with Crippen molar-refractivity contribution in [2.45, 2.75) is 19.2 Å². The van der Waals surface area contributed by atoms with Crippen molar-refractivity contribution in [2.75, 3.05) is 13.1 Å². The summed E-state index contributed by atoms with van der Waals surface area (Å²) in [7, 11) is 0. The first-order valence-electron chi connectivity index (χ1n) is 6.03. The van der Waals surface area contributed by atoms with Crippen molar-refractivity contribution in [3.63, 3.8) is 0 Å². The summed E-state index contributed by atoms with van der Waals surface area (Å²) >= 11 is 0. The number of nitrogens with one attached hydrogen (secondary N) is 1. The molecule has 2 rings (SSSR count). The van der Waals surface area contributed by atoms with Crippen LogP contribution < -0.4 is 5.32 Å². The van der Waals surface area contributed by atoms with Gasteiger partial charge in [-0.25, -0.2) is 14.0 Å². The first-order chi connectivity index (χ1) is 9.51. The number of cyclic esters (lactones) is 1. The van der Waals surface area contributed by atoms with E-state index in [2.05, 4.69) is 5.32 Å². The SMILES string of the molecule is CC(=O)NC[C@H]1CN(C2=CC(F)C(=C=O)C=C2)C(=O)O1. The quantitative estimate of drug-likeness (QED) is 0.763. The molecule has 1 aliphatic carbocycles. The molecule has 1 saturated heterocycles. The minimum absolute atomic E-state index is 0.115. The number of hydrogen-bond donors (Lipinski definition) is 1. The Labute approximate surface area is 114 Å². The van der Waals surface area contributed by atoms with Gasteiger partial charge in [-0.05, 0) is 18.2 Å². The number of amides is 2. The Morgan fingerprint density at radius 2 is 2.35 bits per heavy atom. The summed E-state index contributed by atoms with van der Waals surface area (Å²) in [6, 6.07) is 0. The first-order valence-corrected chi connectivity index (χ1v) is 6.03. The van der Waals surface area contributed by atoms with Crippen LogP contribution in [0.1, 0.15) is 6.92 Å². The predicted octanol–water partition coefficient (Wildman–Crippen LogP) is 0.493. The second kappa shape index (κ2) is 5.71. The number of nitrogens with zero attached hydrogens (tertiary/aromatic N) is 1. The van der Waals surface area contributed by atoms with Gasteiger partial charge in [0.15, 0.2) is 6.17 Å². The largest absolute Gasteiger partial charge is 0.442 e. The molecule has 6 nitrogen and oxygen atoms in total. The summed E-state index contributed by atoms with van der Waals surface area (Å²) in [5.74, 6) is 1.27. The molecule has 0 spiro atoms. The second-order valence-electron chi connectivity index (χ2n) is 4.44. The van der Waals surface area contributed by atoms with Crippen LogP contribution >= 0.6 is 0 Å². The maximum atomic E-state index is 13.6. The lowest BCUT2D eigenvalue weighted by molar-refractivity contribution is -0.119. The fourth-order valence-corrected chi connectivity index (χ4v) is 1.93. The molecular weight excluding hydrogens is 267 g/mol. The van der Waals surface area contributed by atoms with Crippen LogP contribution in [0, 0.1) is 0 Å². The number of hydrogen-bond acceptors (Lipinski definition) is 4. The van der Waals surface area contributed by atoms with E-state index in [0.717, 1.165) is 6.08 Å². The lowest BCUT2D eigenvalue weighted by atomic mass is 10.1. The third kappa shape index (κ3) is 2.95. The van der Waals surface area contributed by atoms with Gasteiger partial charge in [-0.2, -0.15) is 0 Å². The van der Waals surface area contributed by atoms with Crippen LogP contribution in [0.4, 0.5) is 9.18 Å². The maximum Gasteiger partial charge on any atom is 0.414 e. The lowest BCUT2D eigenvalue weighted by Gasteiger charge is -2.18. The normalized spacial score (nSPS) is 25.1. The molecule has 2 atom stereocenters. The molecule has 1 unspecified atom stereocenters. The molecule has 1 fully saturated rings. The van der Waals surface area contributed by atoms with Crippen molar-refractivity contribution < 1.29 is 23.5 Å². The lowest BCUT2D eigenvalue weighted by Crippen LogP contribution is -2.33. The van der Waals surface area contributed by atoms with Gasteiger partial charge in [0.05, 0.1) is 18.7 Å². The molecule has 0 aromatic heterocycles. The van der Waals surface area contributed by atoms with Gasteiger partial charge in [0.2, 0.25) is 5.91 Å². The van der Waals surface area contributed by atoms with Gasteiger partial charge in [-0.1, -0.05) is 0 Å². The number of rotatable bonds is 3. The van der Waals surface area contributed by atoms with Crippen LogP contribution in [0.3, 0.4) is 0 Å². The van der Waals surface area contributed by atoms with Gasteiger partial charge in [0, 0.05) is 12.6 Å². The minimum Gasteiger partial charge on any atom is -0.442 e. The van der Waals surface area contributed by atoms with E-state index >= 15 is 0 Å². The molecule has 0 radical (unpaired) electrons. The standard InChI is InChI=1S/C13H13FN2O4/c1-8(18)15-5-11-6-16(13(19)20-11)10-3-2-9(7-17)12(14)4-10/h2-4,11-12H,5-6H2,1H3,(H,15,18)/t11-,12?/m0/s1. The molecule has 2 aliphatic rings. The number of alkyl halides is 1. The number of carbonyl (C=O) groups excluding carboxylic acids is 3. The van der Waals surface area contributed by atoms with Crippen molar-refractivity contribution in [1.82, 2.24) is 10.2 Å². The Kier molecular flexibility index (Phi) is 4.00. The van der Waals surface area contributed by atoms with Gasteiger partial charge in [-0.15, -0.1) is 0 Å². The van der Waals surface area contributed by atoms with Crippen molar-refractivity contribution in [1.29, 1.82) is 0 Å². The molecular formula is C13H13FN2O4. The summed E-state index contributed by atoms with van der Waals surface area (Å²) in [6.45, 7) is 1.77. The van der Waals surface area contributed by atoms with E-state index in [9.17, 15) is 18.8 Å². The summed E-state index contributed by atoms with van der Waals surface area (Å²) < 4.78 is 18.6. The fourth-order valence-electron chi connectivity index (χ4n) is 1.93. The molecule has 1 aliphatic heterocycles. The molecule has 2 amide bonds. The molecule has 0 aromatic carbocycles. The van der Waals surface area contributed by atoms with Gasteiger partial charge in [0.1, 0.15) is 12.0 Å². The number of halogens is 1. The summed E-state index contributed by atoms with van der Waals surface area (Å²) in [6.07, 6.45) is 1.21. The molecule has 1 heterocycles. The molecule has 20 heavy (non-hydrogen) atoms. The zero-order chi connectivity index (χ0) is 14.7. The zero-order valence-electron chi connectivity index (χ0n) is 10.8. The van der Waals surface area contributed by atoms with Crippen molar-refractivity contribution >= 4 is 17.9 Å². The van der Waals surface area contributed by atoms with Crippen LogP contribution in [0.15, 0.2) is 29.5 Å². The van der Waals surface area contributed by atoms with Crippen molar-refractivity contribution in [3.05, 3.63) is 29.5 Å². The van der Waals surface area contributed by atoms with E-state index < -0.39 is 18.4 Å². The van der Waals surface area contributed by atoms with Crippen molar-refractivity contribution in [3.8, 4) is 0 Å². The zero-order valence-corrected chi connectivity index (χ0v) is 10.8. The maximum absolute atomic E-state index is 13.6. The highest BCUT2D eigenvalue weighted by atomic mass is 19.1. The number of ether oxygens (including phenoxy) is 1. The van der Waals surface area contributed by atoms with E-state index in [1.165, 1.54) is 29.9 Å². The second-order valence-corrected chi connectivity index (χ2v) is 4.44. The smallest absolute Gasteiger partial charge is 0.414 e. The van der Waals surface area contributed by atoms with E-state index in [-0.39, 0.29) is 24.6 Å². The Balaban J connectivity index is 2.04. The van der Waals surface area contributed by atoms with Gasteiger partial charge in [0.25, 0.3) is 0 Å². The third-order valence-corrected chi connectivity index (χ3v) is 2.93. The topological polar surface area (TPSA) is 75.7 Å². The van der Waals surface area contributed by atoms with E-state index in [1.54, 1.807) is 0 Å². The number of allylic oxidation sites excluding steroid dienone is 4. The Bertz CT molecular complexity index is 549. The van der Waals surface area contributed by atoms with E-state index in [0.29, 0.717) is 5.70 Å². The first kappa shape index (κ1) is 14.0. The highest BCUT2D eigenvalue weighted by molar-refractivity contribution is 5.75. The number of carbonyl (C=O) groups is 2. The highest BCUT2D eigenvalue weighted by Crippen LogP contribution is 2.24. The van der Waals surface area contributed by atoms with Crippen LogP contribution in [-0.4, -0.2) is 48.2 Å². The van der Waals surface area contributed by atoms with Crippen LogP contribution in [0.2, 0.25) is 0 Å². The van der Waals surface area contributed by atoms with Gasteiger partial charge < -0.3 is 10.1 Å². The summed E-state index contributed by atoms with van der Waals surface area (Å²) in [5, 5.41) is 2.55. The molecule has 7 heteroatoms. The van der Waals surface area contributed by atoms with Gasteiger partial charge >= 0.3 is 6.09 Å². The Morgan fingerprint density at radius 3 is 2.95 bits per heavy atom. The molecule has 0 bridgehead atoms. The van der Waals surface area contributed by atoms with Gasteiger partial charge in [-0.3, -0.25) is 9.69 Å². The van der Waals surface area contributed by atoms with E-state index in [1.807, 2.05) is 0 Å². The molecule has 106 valence electrons. The van der Waals surface area contributed by atoms with Crippen LogP contribution in [-0.2, 0) is 14.3 Å². The summed E-state index contributed by atoms with van der Waals surface area (Å²) in [4.78, 5) is 34.2. The Morgan fingerprint density at radius 1 is 1.60 bits per heavy atom. The van der Waals surface area contributed by atoms with Crippen molar-refractivity contribution in [2.24, 2.45) is 0 Å². The predicted molar refractivity (Wildman–Crippen MR) is 67.0 cm³/mol. The fraction of sp³-hybridized carbons (Fsp3) is 0.385. The monoisotopic (exact) mass is 280 g/mol. The molecule has 1 N–H and O–H groups in total. The average Bonchev–Trinajstić information content (AvgIpc) is 2.77. The molecule has 0 aromatic rings. The highest BCUT2D eigenvalue weighted by Gasteiger charge is 2.34. The van der Waals surface area contributed by atoms with E-state index in [4.69, 9.17) is 4.74 Å².